The summed E-state index contributed by atoms with van der Waals surface area (Å²) in [6.07, 6.45) is 0.569. The van der Waals surface area contributed by atoms with Gasteiger partial charge in [0, 0.05) is 49.3 Å². The van der Waals surface area contributed by atoms with Crippen LogP contribution in [0.1, 0.15) is 23.0 Å². The number of rotatable bonds is 7. The number of hydrogen-bond acceptors (Lipinski definition) is 7. The van der Waals surface area contributed by atoms with Crippen LogP contribution in [-0.2, 0) is 11.2 Å². The number of carbonyl (C=O) groups is 1. The highest BCUT2D eigenvalue weighted by atomic mass is 16.6. The maximum absolute atomic E-state index is 12.7. The Kier molecular flexibility index (Phi) is 6.63. The van der Waals surface area contributed by atoms with Crippen LogP contribution in [0.3, 0.4) is 0 Å². The molecule has 8 heteroatoms. The van der Waals surface area contributed by atoms with Gasteiger partial charge in [0.05, 0.1) is 35.1 Å². The lowest BCUT2D eigenvalue weighted by Crippen LogP contribution is -2.37. The van der Waals surface area contributed by atoms with Crippen molar-refractivity contribution in [2.24, 2.45) is 0 Å². The molecule has 0 atom stereocenters. The summed E-state index contributed by atoms with van der Waals surface area (Å²) in [4.78, 5) is 35.4. The standard InChI is InChI=1S/C24H24N4O4/c1-17(29)22-21(10-11-27-12-14-32-15-13-27)25-24(18-6-3-2-4-7-18)26-23(22)19-8-5-9-20(16-19)28(30)31/h2-9,16H,10-15H2,1H3. The number of ether oxygens (including phenoxy) is 1. The van der Waals surface area contributed by atoms with Crippen molar-refractivity contribution in [3.8, 4) is 22.6 Å². The quantitative estimate of drug-likeness (QED) is 0.318. The van der Waals surface area contributed by atoms with Gasteiger partial charge in [0.2, 0.25) is 0 Å². The first kappa shape index (κ1) is 21.7. The van der Waals surface area contributed by atoms with Crippen LogP contribution in [0.5, 0.6) is 0 Å². The fourth-order valence-electron chi connectivity index (χ4n) is 3.84. The fourth-order valence-corrected chi connectivity index (χ4v) is 3.84. The highest BCUT2D eigenvalue weighted by Crippen LogP contribution is 2.30. The number of hydrogen-bond donors (Lipinski definition) is 0. The van der Waals surface area contributed by atoms with Crippen LogP contribution >= 0.6 is 0 Å². The van der Waals surface area contributed by atoms with E-state index in [1.807, 2.05) is 30.3 Å². The van der Waals surface area contributed by atoms with Crippen molar-refractivity contribution in [2.45, 2.75) is 13.3 Å². The molecule has 4 rings (SSSR count). The van der Waals surface area contributed by atoms with Gasteiger partial charge in [-0.05, 0) is 6.92 Å². The molecule has 1 saturated heterocycles. The smallest absolute Gasteiger partial charge is 0.270 e. The third-order valence-corrected chi connectivity index (χ3v) is 5.47. The molecule has 0 unspecified atom stereocenters. The molecule has 8 nitrogen and oxygen atoms in total. The van der Waals surface area contributed by atoms with Crippen LogP contribution in [0.4, 0.5) is 5.69 Å². The first-order valence-corrected chi connectivity index (χ1v) is 10.5. The summed E-state index contributed by atoms with van der Waals surface area (Å²) in [5.74, 6) is 0.331. The number of nitro benzene ring substituents is 1. The zero-order valence-corrected chi connectivity index (χ0v) is 17.9. The molecule has 0 amide bonds. The van der Waals surface area contributed by atoms with Gasteiger partial charge in [0.15, 0.2) is 11.6 Å². The molecule has 0 N–H and O–H groups in total. The minimum atomic E-state index is -0.449. The van der Waals surface area contributed by atoms with E-state index in [9.17, 15) is 14.9 Å². The van der Waals surface area contributed by atoms with Crippen LogP contribution in [0.25, 0.3) is 22.6 Å². The van der Waals surface area contributed by atoms with Gasteiger partial charge < -0.3 is 4.74 Å². The largest absolute Gasteiger partial charge is 0.379 e. The van der Waals surface area contributed by atoms with Gasteiger partial charge >= 0.3 is 0 Å². The molecule has 1 aliphatic rings. The second kappa shape index (κ2) is 9.76. The third kappa shape index (κ3) is 4.87. The lowest BCUT2D eigenvalue weighted by Gasteiger charge is -2.26. The maximum atomic E-state index is 12.7. The number of carbonyl (C=O) groups excluding carboxylic acids is 1. The number of benzene rings is 2. The van der Waals surface area contributed by atoms with E-state index in [0.717, 1.165) is 25.2 Å². The number of nitro groups is 1. The van der Waals surface area contributed by atoms with E-state index >= 15 is 0 Å². The van der Waals surface area contributed by atoms with Crippen molar-refractivity contribution in [1.82, 2.24) is 14.9 Å². The predicted molar refractivity (Wildman–Crippen MR) is 121 cm³/mol. The molecule has 0 spiro atoms. The number of nitrogens with zero attached hydrogens (tertiary/aromatic N) is 4. The number of morpholine rings is 1. The summed E-state index contributed by atoms with van der Waals surface area (Å²) in [5, 5.41) is 11.3. The van der Waals surface area contributed by atoms with Crippen molar-refractivity contribution >= 4 is 11.5 Å². The molecule has 2 heterocycles. The first-order chi connectivity index (χ1) is 15.5. The van der Waals surface area contributed by atoms with Crippen LogP contribution in [0.15, 0.2) is 54.6 Å². The maximum Gasteiger partial charge on any atom is 0.270 e. The first-order valence-electron chi connectivity index (χ1n) is 10.5. The Morgan fingerprint density at radius 1 is 1.06 bits per heavy atom. The van der Waals surface area contributed by atoms with Gasteiger partial charge in [-0.3, -0.25) is 19.8 Å². The van der Waals surface area contributed by atoms with Crippen molar-refractivity contribution < 1.29 is 14.5 Å². The van der Waals surface area contributed by atoms with Gasteiger partial charge in [-0.2, -0.15) is 0 Å². The molecule has 3 aromatic rings. The van der Waals surface area contributed by atoms with E-state index in [4.69, 9.17) is 14.7 Å². The van der Waals surface area contributed by atoms with Gasteiger partial charge in [-0.1, -0.05) is 42.5 Å². The van der Waals surface area contributed by atoms with Crippen molar-refractivity contribution in [1.29, 1.82) is 0 Å². The van der Waals surface area contributed by atoms with E-state index in [1.165, 1.54) is 19.1 Å². The molecule has 0 bridgehead atoms. The van der Waals surface area contributed by atoms with E-state index in [1.54, 1.807) is 12.1 Å². The highest BCUT2D eigenvalue weighted by Gasteiger charge is 2.22. The molecule has 1 aliphatic heterocycles. The van der Waals surface area contributed by atoms with Crippen LogP contribution in [-0.4, -0.2) is 58.4 Å². The van der Waals surface area contributed by atoms with Crippen LogP contribution < -0.4 is 0 Å². The van der Waals surface area contributed by atoms with E-state index in [0.29, 0.717) is 48.0 Å². The second-order valence-corrected chi connectivity index (χ2v) is 7.65. The zero-order valence-electron chi connectivity index (χ0n) is 17.9. The number of aromatic nitrogens is 2. The average Bonchev–Trinajstić information content (AvgIpc) is 2.83. The molecule has 32 heavy (non-hydrogen) atoms. The Morgan fingerprint density at radius 3 is 2.47 bits per heavy atom. The lowest BCUT2D eigenvalue weighted by atomic mass is 9.98. The molecule has 2 aromatic carbocycles. The van der Waals surface area contributed by atoms with Crippen molar-refractivity contribution in [3.63, 3.8) is 0 Å². The van der Waals surface area contributed by atoms with Gasteiger partial charge in [-0.25, -0.2) is 9.97 Å². The summed E-state index contributed by atoms with van der Waals surface area (Å²) in [6, 6.07) is 15.8. The Balaban J connectivity index is 1.83. The van der Waals surface area contributed by atoms with E-state index in [2.05, 4.69) is 4.90 Å². The molecule has 0 saturated carbocycles. The SMILES string of the molecule is CC(=O)c1c(CCN2CCOCC2)nc(-c2ccccc2)nc1-c1cccc([N+](=O)[O-])c1. The Morgan fingerprint density at radius 2 is 1.78 bits per heavy atom. The molecular weight excluding hydrogens is 408 g/mol. The lowest BCUT2D eigenvalue weighted by molar-refractivity contribution is -0.384. The number of ketones is 1. The number of non-ortho nitro benzene ring substituents is 1. The van der Waals surface area contributed by atoms with E-state index < -0.39 is 4.92 Å². The fraction of sp³-hybridized carbons (Fsp3) is 0.292. The summed E-state index contributed by atoms with van der Waals surface area (Å²) >= 11 is 0. The van der Waals surface area contributed by atoms with Gasteiger partial charge in [0.1, 0.15) is 0 Å². The summed E-state index contributed by atoms with van der Waals surface area (Å²) in [5.41, 5.74) is 2.79. The average molecular weight is 432 g/mol. The molecule has 1 aromatic heterocycles. The minimum absolute atomic E-state index is 0.0493. The molecule has 164 valence electrons. The molecule has 1 fully saturated rings. The summed E-state index contributed by atoms with van der Waals surface area (Å²) in [6.45, 7) is 5.28. The monoisotopic (exact) mass is 432 g/mol. The summed E-state index contributed by atoms with van der Waals surface area (Å²) in [7, 11) is 0. The minimum Gasteiger partial charge on any atom is -0.379 e. The van der Waals surface area contributed by atoms with Crippen molar-refractivity contribution in [3.05, 3.63) is 76.0 Å². The van der Waals surface area contributed by atoms with Crippen LogP contribution in [0, 0.1) is 10.1 Å². The Hall–Kier alpha value is -3.49. The predicted octanol–water partition coefficient (Wildman–Crippen LogP) is 3.80. The summed E-state index contributed by atoms with van der Waals surface area (Å²) < 4.78 is 5.42. The molecular formula is C24H24N4O4. The zero-order chi connectivity index (χ0) is 22.5. The molecule has 0 radical (unpaired) electrons. The Bertz CT molecular complexity index is 1130. The highest BCUT2D eigenvalue weighted by molar-refractivity contribution is 6.01. The third-order valence-electron chi connectivity index (χ3n) is 5.47. The van der Waals surface area contributed by atoms with Crippen LogP contribution in [0.2, 0.25) is 0 Å². The topological polar surface area (TPSA) is 98.5 Å². The second-order valence-electron chi connectivity index (χ2n) is 7.65. The Labute approximate surface area is 186 Å². The van der Waals surface area contributed by atoms with Crippen molar-refractivity contribution in [2.75, 3.05) is 32.8 Å². The van der Waals surface area contributed by atoms with Gasteiger partial charge in [-0.15, -0.1) is 0 Å². The number of Topliss-reactive ketones (excluding diaryl/α,β-unsaturated/α-hetero) is 1. The van der Waals surface area contributed by atoms with Gasteiger partial charge in [0.25, 0.3) is 5.69 Å². The normalized spacial score (nSPS) is 14.3. The van der Waals surface area contributed by atoms with E-state index in [-0.39, 0.29) is 11.5 Å². The molecule has 0 aliphatic carbocycles.